The number of fused-ring (bicyclic) bond motifs is 1. The lowest BCUT2D eigenvalue weighted by Gasteiger charge is -2.01. The van der Waals surface area contributed by atoms with E-state index in [2.05, 4.69) is 0 Å². The standard InChI is InChI=1S/C12H12ClNO2/c1-3-8-9-6-4-5-7-14(9)10(12(13)15)11(8)16-2/h4-7H,3H2,1-2H3. The average molecular weight is 238 g/mol. The second-order valence-electron chi connectivity index (χ2n) is 3.44. The first-order valence-electron chi connectivity index (χ1n) is 5.06. The Labute approximate surface area is 98.6 Å². The molecule has 0 bridgehead atoms. The van der Waals surface area contributed by atoms with Gasteiger partial charge in [-0.3, -0.25) is 4.79 Å². The zero-order chi connectivity index (χ0) is 11.7. The minimum Gasteiger partial charge on any atom is -0.494 e. The van der Waals surface area contributed by atoms with Crippen molar-refractivity contribution in [2.24, 2.45) is 0 Å². The molecule has 84 valence electrons. The highest BCUT2D eigenvalue weighted by atomic mass is 35.5. The number of hydrogen-bond donors (Lipinski definition) is 0. The maximum Gasteiger partial charge on any atom is 0.273 e. The summed E-state index contributed by atoms with van der Waals surface area (Å²) in [7, 11) is 1.55. The van der Waals surface area contributed by atoms with Crippen LogP contribution in [0.4, 0.5) is 0 Å². The summed E-state index contributed by atoms with van der Waals surface area (Å²) in [4.78, 5) is 11.4. The Hall–Kier alpha value is -1.48. The molecule has 0 amide bonds. The van der Waals surface area contributed by atoms with Gasteiger partial charge in [0.25, 0.3) is 5.24 Å². The van der Waals surface area contributed by atoms with Crippen LogP contribution in [0.3, 0.4) is 0 Å². The minimum absolute atomic E-state index is 0.400. The molecular formula is C12H12ClNO2. The van der Waals surface area contributed by atoms with Crippen LogP contribution in [0.1, 0.15) is 23.0 Å². The second-order valence-corrected chi connectivity index (χ2v) is 3.79. The molecule has 0 radical (unpaired) electrons. The van der Waals surface area contributed by atoms with E-state index in [4.69, 9.17) is 16.3 Å². The maximum atomic E-state index is 11.4. The zero-order valence-corrected chi connectivity index (χ0v) is 9.91. The van der Waals surface area contributed by atoms with E-state index in [1.807, 2.05) is 31.3 Å². The van der Waals surface area contributed by atoms with Crippen molar-refractivity contribution in [2.45, 2.75) is 13.3 Å². The van der Waals surface area contributed by atoms with Crippen LogP contribution in [0.15, 0.2) is 24.4 Å². The van der Waals surface area contributed by atoms with Crippen molar-refractivity contribution in [2.75, 3.05) is 7.11 Å². The van der Waals surface area contributed by atoms with E-state index in [-0.39, 0.29) is 0 Å². The van der Waals surface area contributed by atoms with Crippen LogP contribution in [-0.4, -0.2) is 16.8 Å². The average Bonchev–Trinajstić information content (AvgIpc) is 2.62. The molecule has 3 nitrogen and oxygen atoms in total. The molecule has 0 fully saturated rings. The number of nitrogens with zero attached hydrogens (tertiary/aromatic N) is 1. The third-order valence-corrected chi connectivity index (χ3v) is 2.82. The highest BCUT2D eigenvalue weighted by Crippen LogP contribution is 2.32. The normalized spacial score (nSPS) is 10.7. The maximum absolute atomic E-state index is 11.4. The SMILES string of the molecule is CCc1c(OC)c(C(=O)Cl)n2ccccc12. The fourth-order valence-corrected chi connectivity index (χ4v) is 2.18. The summed E-state index contributed by atoms with van der Waals surface area (Å²) in [5.74, 6) is 0.578. The first-order chi connectivity index (χ1) is 7.70. The Balaban J connectivity index is 2.90. The topological polar surface area (TPSA) is 30.7 Å². The van der Waals surface area contributed by atoms with Gasteiger partial charge >= 0.3 is 0 Å². The highest BCUT2D eigenvalue weighted by Gasteiger charge is 2.21. The molecule has 2 aromatic rings. The van der Waals surface area contributed by atoms with Crippen LogP contribution < -0.4 is 4.74 Å². The molecule has 2 aromatic heterocycles. The predicted molar refractivity (Wildman–Crippen MR) is 63.5 cm³/mol. The summed E-state index contributed by atoms with van der Waals surface area (Å²) < 4.78 is 7.06. The lowest BCUT2D eigenvalue weighted by atomic mass is 10.2. The molecule has 16 heavy (non-hydrogen) atoms. The van der Waals surface area contributed by atoms with Crippen molar-refractivity contribution >= 4 is 22.4 Å². The number of aryl methyl sites for hydroxylation is 1. The zero-order valence-electron chi connectivity index (χ0n) is 9.16. The number of aromatic nitrogens is 1. The molecule has 0 saturated heterocycles. The summed E-state index contributed by atoms with van der Waals surface area (Å²) in [6.45, 7) is 2.02. The number of methoxy groups -OCH3 is 1. The Morgan fingerprint density at radius 1 is 1.50 bits per heavy atom. The van der Waals surface area contributed by atoms with Crippen molar-refractivity contribution in [1.82, 2.24) is 4.40 Å². The van der Waals surface area contributed by atoms with Crippen molar-refractivity contribution in [3.63, 3.8) is 0 Å². The first kappa shape index (κ1) is 11.0. The molecular weight excluding hydrogens is 226 g/mol. The number of carbonyl (C=O) groups excluding carboxylic acids is 1. The fraction of sp³-hybridized carbons (Fsp3) is 0.250. The van der Waals surface area contributed by atoms with Gasteiger partial charge in [0.15, 0.2) is 5.75 Å². The molecule has 4 heteroatoms. The molecule has 0 spiro atoms. The summed E-state index contributed by atoms with van der Waals surface area (Å²) in [5.41, 5.74) is 2.37. The van der Waals surface area contributed by atoms with Gasteiger partial charge in [-0.25, -0.2) is 0 Å². The first-order valence-corrected chi connectivity index (χ1v) is 5.44. The number of halogens is 1. The van der Waals surface area contributed by atoms with Gasteiger partial charge in [0.2, 0.25) is 0 Å². The molecule has 0 aliphatic rings. The van der Waals surface area contributed by atoms with E-state index in [1.54, 1.807) is 11.5 Å². The number of hydrogen-bond acceptors (Lipinski definition) is 2. The molecule has 2 rings (SSSR count). The third kappa shape index (κ3) is 1.48. The van der Waals surface area contributed by atoms with Crippen LogP contribution in [0.2, 0.25) is 0 Å². The summed E-state index contributed by atoms with van der Waals surface area (Å²) in [6, 6.07) is 5.73. The molecule has 2 heterocycles. The Morgan fingerprint density at radius 3 is 2.81 bits per heavy atom. The Kier molecular flexibility index (Phi) is 2.88. The van der Waals surface area contributed by atoms with Gasteiger partial charge in [-0.05, 0) is 30.2 Å². The van der Waals surface area contributed by atoms with Crippen LogP contribution in [0, 0.1) is 0 Å². The molecule has 0 aliphatic heterocycles. The van der Waals surface area contributed by atoms with Crippen LogP contribution in [0.25, 0.3) is 5.52 Å². The van der Waals surface area contributed by atoms with Crippen molar-refractivity contribution in [1.29, 1.82) is 0 Å². The van der Waals surface area contributed by atoms with Gasteiger partial charge in [0.1, 0.15) is 5.69 Å². The summed E-state index contributed by atoms with van der Waals surface area (Å²) in [6.07, 6.45) is 2.60. The predicted octanol–water partition coefficient (Wildman–Crippen LogP) is 2.89. The van der Waals surface area contributed by atoms with Crippen LogP contribution >= 0.6 is 11.6 Å². The van der Waals surface area contributed by atoms with Crippen molar-refractivity contribution in [3.8, 4) is 5.75 Å². The van der Waals surface area contributed by atoms with Gasteiger partial charge in [-0.2, -0.15) is 0 Å². The van der Waals surface area contributed by atoms with Crippen molar-refractivity contribution in [3.05, 3.63) is 35.7 Å². The summed E-state index contributed by atoms with van der Waals surface area (Å²) >= 11 is 5.60. The van der Waals surface area contributed by atoms with Gasteiger partial charge in [-0.1, -0.05) is 13.0 Å². The monoisotopic (exact) mass is 237 g/mol. The number of ether oxygens (including phenoxy) is 1. The smallest absolute Gasteiger partial charge is 0.273 e. The van der Waals surface area contributed by atoms with E-state index in [9.17, 15) is 4.79 Å². The van der Waals surface area contributed by atoms with E-state index in [0.29, 0.717) is 11.4 Å². The second kappa shape index (κ2) is 4.18. The van der Waals surface area contributed by atoms with E-state index < -0.39 is 5.24 Å². The highest BCUT2D eigenvalue weighted by molar-refractivity contribution is 6.67. The fourth-order valence-electron chi connectivity index (χ4n) is 2.00. The van der Waals surface area contributed by atoms with Gasteiger partial charge in [0, 0.05) is 11.8 Å². The number of rotatable bonds is 3. The van der Waals surface area contributed by atoms with E-state index in [0.717, 1.165) is 17.5 Å². The molecule has 0 unspecified atom stereocenters. The quantitative estimate of drug-likeness (QED) is 0.769. The van der Waals surface area contributed by atoms with E-state index in [1.165, 1.54) is 0 Å². The van der Waals surface area contributed by atoms with Gasteiger partial charge in [0.05, 0.1) is 12.6 Å². The van der Waals surface area contributed by atoms with Crippen LogP contribution in [-0.2, 0) is 6.42 Å². The third-order valence-electron chi connectivity index (χ3n) is 2.64. The molecule has 0 saturated carbocycles. The van der Waals surface area contributed by atoms with E-state index >= 15 is 0 Å². The molecule has 0 aliphatic carbocycles. The largest absolute Gasteiger partial charge is 0.494 e. The van der Waals surface area contributed by atoms with Crippen LogP contribution in [0.5, 0.6) is 5.75 Å². The van der Waals surface area contributed by atoms with Crippen molar-refractivity contribution < 1.29 is 9.53 Å². The van der Waals surface area contributed by atoms with Gasteiger partial charge < -0.3 is 9.14 Å². The Morgan fingerprint density at radius 2 is 2.25 bits per heavy atom. The molecule has 0 aromatic carbocycles. The number of carbonyl (C=O) groups is 1. The Bertz CT molecular complexity index is 545. The molecule has 0 N–H and O–H groups in total. The number of pyridine rings is 1. The lowest BCUT2D eigenvalue weighted by Crippen LogP contribution is -1.98. The van der Waals surface area contributed by atoms with Gasteiger partial charge in [-0.15, -0.1) is 0 Å². The molecule has 0 atom stereocenters. The lowest BCUT2D eigenvalue weighted by molar-refractivity contribution is 0.107. The minimum atomic E-state index is -0.502. The summed E-state index contributed by atoms with van der Waals surface area (Å²) in [5, 5.41) is -0.502.